The highest BCUT2D eigenvalue weighted by atomic mass is 35.5. The maximum Gasteiger partial charge on any atom is 0.246 e. The van der Waals surface area contributed by atoms with E-state index in [9.17, 15) is 0 Å². The molecule has 0 saturated carbocycles. The van der Waals surface area contributed by atoms with Crippen LogP contribution in [0.1, 0.15) is 37.3 Å². The molecule has 0 amide bonds. The third-order valence-electron chi connectivity index (χ3n) is 5.40. The number of benzene rings is 2. The van der Waals surface area contributed by atoms with Crippen molar-refractivity contribution >= 4 is 23.2 Å². The predicted molar refractivity (Wildman–Crippen MR) is 124 cm³/mol. The summed E-state index contributed by atoms with van der Waals surface area (Å²) in [4.78, 5) is 11.2. The molecular formula is C23H27ClN6O. The molecular weight excluding hydrogens is 412 g/mol. The second-order valence-electron chi connectivity index (χ2n) is 7.60. The molecule has 0 bridgehead atoms. The van der Waals surface area contributed by atoms with Crippen LogP contribution in [0.5, 0.6) is 0 Å². The van der Waals surface area contributed by atoms with Crippen molar-refractivity contribution in [1.82, 2.24) is 20.8 Å². The molecule has 1 aromatic heterocycles. The summed E-state index contributed by atoms with van der Waals surface area (Å²) in [5.41, 5.74) is 3.36. The van der Waals surface area contributed by atoms with Crippen LogP contribution in [0.25, 0.3) is 11.4 Å². The van der Waals surface area contributed by atoms with Gasteiger partial charge in [0.2, 0.25) is 11.7 Å². The number of anilines is 1. The molecule has 0 radical (unpaired) electrons. The third kappa shape index (κ3) is 5.35. The third-order valence-corrected chi connectivity index (χ3v) is 5.65. The summed E-state index contributed by atoms with van der Waals surface area (Å²) in [7, 11) is 1.75. The minimum Gasteiger partial charge on any atom is -0.372 e. The Morgan fingerprint density at radius 1 is 1.19 bits per heavy atom. The normalized spacial score (nSPS) is 15.2. The molecule has 8 heteroatoms. The highest BCUT2D eigenvalue weighted by Gasteiger charge is 2.15. The van der Waals surface area contributed by atoms with Gasteiger partial charge in [-0.05, 0) is 61.7 Å². The van der Waals surface area contributed by atoms with Gasteiger partial charge in [-0.15, -0.1) is 0 Å². The number of guanidine groups is 1. The summed E-state index contributed by atoms with van der Waals surface area (Å²) >= 11 is 5.94. The molecule has 2 aromatic carbocycles. The van der Waals surface area contributed by atoms with E-state index in [2.05, 4.69) is 61.9 Å². The summed E-state index contributed by atoms with van der Waals surface area (Å²) in [6.07, 6.45) is 2.54. The SMILES string of the molecule is CN=C(NCc1nc(-c2ccc(Cl)cc2)no1)NC(C)c1cccc(N2CCCC2)c1. The van der Waals surface area contributed by atoms with Crippen molar-refractivity contribution in [2.45, 2.75) is 32.4 Å². The maximum atomic E-state index is 5.94. The lowest BCUT2D eigenvalue weighted by molar-refractivity contribution is 0.375. The average molecular weight is 439 g/mol. The van der Waals surface area contributed by atoms with Gasteiger partial charge >= 0.3 is 0 Å². The first-order valence-electron chi connectivity index (χ1n) is 10.5. The molecule has 1 fully saturated rings. The van der Waals surface area contributed by atoms with E-state index in [4.69, 9.17) is 16.1 Å². The van der Waals surface area contributed by atoms with E-state index in [1.807, 2.05) is 12.1 Å². The van der Waals surface area contributed by atoms with Gasteiger partial charge in [-0.2, -0.15) is 4.98 Å². The van der Waals surface area contributed by atoms with Gasteiger partial charge in [0, 0.05) is 36.4 Å². The van der Waals surface area contributed by atoms with Gasteiger partial charge in [0.15, 0.2) is 5.96 Å². The molecule has 2 N–H and O–H groups in total. The first kappa shape index (κ1) is 21.2. The van der Waals surface area contributed by atoms with Crippen molar-refractivity contribution in [3.05, 3.63) is 65.0 Å². The molecule has 2 heterocycles. The fourth-order valence-electron chi connectivity index (χ4n) is 3.65. The molecule has 31 heavy (non-hydrogen) atoms. The summed E-state index contributed by atoms with van der Waals surface area (Å²) in [5.74, 6) is 1.69. The van der Waals surface area contributed by atoms with Crippen LogP contribution in [-0.4, -0.2) is 36.2 Å². The summed E-state index contributed by atoms with van der Waals surface area (Å²) < 4.78 is 5.36. The van der Waals surface area contributed by atoms with Crippen LogP contribution >= 0.6 is 11.6 Å². The van der Waals surface area contributed by atoms with E-state index in [1.54, 1.807) is 19.2 Å². The van der Waals surface area contributed by atoms with Crippen LogP contribution < -0.4 is 15.5 Å². The van der Waals surface area contributed by atoms with Gasteiger partial charge in [0.05, 0.1) is 12.6 Å². The van der Waals surface area contributed by atoms with Crippen molar-refractivity contribution in [2.75, 3.05) is 25.0 Å². The van der Waals surface area contributed by atoms with Gasteiger partial charge in [0.1, 0.15) is 0 Å². The Balaban J connectivity index is 1.35. The molecule has 0 aliphatic carbocycles. The number of aromatic nitrogens is 2. The molecule has 1 aliphatic heterocycles. The van der Waals surface area contributed by atoms with E-state index >= 15 is 0 Å². The monoisotopic (exact) mass is 438 g/mol. The van der Waals surface area contributed by atoms with E-state index in [0.717, 1.165) is 18.7 Å². The zero-order valence-corrected chi connectivity index (χ0v) is 18.6. The van der Waals surface area contributed by atoms with Crippen LogP contribution in [0.2, 0.25) is 5.02 Å². The van der Waals surface area contributed by atoms with Crippen LogP contribution in [0.3, 0.4) is 0 Å². The fraction of sp³-hybridized carbons (Fsp3) is 0.348. The highest BCUT2D eigenvalue weighted by molar-refractivity contribution is 6.30. The Kier molecular flexibility index (Phi) is 6.72. The number of nitrogens with zero attached hydrogens (tertiary/aromatic N) is 4. The molecule has 162 valence electrons. The van der Waals surface area contributed by atoms with Crippen LogP contribution in [-0.2, 0) is 6.54 Å². The molecule has 1 unspecified atom stereocenters. The van der Waals surface area contributed by atoms with Crippen LogP contribution in [0.4, 0.5) is 5.69 Å². The molecule has 3 aromatic rings. The fourth-order valence-corrected chi connectivity index (χ4v) is 3.78. The Hall–Kier alpha value is -3.06. The van der Waals surface area contributed by atoms with Gasteiger partial charge in [0.25, 0.3) is 0 Å². The lowest BCUT2D eigenvalue weighted by Gasteiger charge is -2.21. The standard InChI is InChI=1S/C23H27ClN6O/c1-16(18-6-5-7-20(14-18)30-12-3-4-13-30)27-23(25-2)26-15-21-28-22(29-31-21)17-8-10-19(24)11-9-17/h5-11,14,16H,3-4,12-13,15H2,1-2H3,(H2,25,26,27). The Morgan fingerprint density at radius 3 is 2.71 bits per heavy atom. The van der Waals surface area contributed by atoms with Crippen molar-refractivity contribution in [2.24, 2.45) is 4.99 Å². The second kappa shape index (κ2) is 9.83. The summed E-state index contributed by atoms with van der Waals surface area (Å²) in [6.45, 7) is 4.77. The van der Waals surface area contributed by atoms with E-state index < -0.39 is 0 Å². The molecule has 0 spiro atoms. The first-order valence-corrected chi connectivity index (χ1v) is 10.9. The first-order chi connectivity index (χ1) is 15.1. The number of nitrogens with one attached hydrogen (secondary N) is 2. The minimum absolute atomic E-state index is 0.0982. The molecule has 1 aliphatic rings. The summed E-state index contributed by atoms with van der Waals surface area (Å²) in [6, 6.07) is 16.1. The predicted octanol–water partition coefficient (Wildman–Crippen LogP) is 4.42. The second-order valence-corrected chi connectivity index (χ2v) is 8.04. The van der Waals surface area contributed by atoms with Gasteiger partial charge in [-0.3, -0.25) is 4.99 Å². The molecule has 1 saturated heterocycles. The van der Waals surface area contributed by atoms with Crippen molar-refractivity contribution in [3.63, 3.8) is 0 Å². The summed E-state index contributed by atoms with van der Waals surface area (Å²) in [5, 5.41) is 11.4. The number of halogens is 1. The number of hydrogen-bond donors (Lipinski definition) is 2. The smallest absolute Gasteiger partial charge is 0.246 e. The zero-order valence-electron chi connectivity index (χ0n) is 17.8. The van der Waals surface area contributed by atoms with Crippen molar-refractivity contribution in [3.8, 4) is 11.4 Å². The minimum atomic E-state index is 0.0982. The Bertz CT molecular complexity index is 1030. The Labute approximate surface area is 187 Å². The van der Waals surface area contributed by atoms with E-state index in [-0.39, 0.29) is 6.04 Å². The largest absolute Gasteiger partial charge is 0.372 e. The number of rotatable bonds is 6. The lowest BCUT2D eigenvalue weighted by atomic mass is 10.1. The molecule has 1 atom stereocenters. The van der Waals surface area contributed by atoms with E-state index in [1.165, 1.54) is 24.1 Å². The van der Waals surface area contributed by atoms with Crippen molar-refractivity contribution in [1.29, 1.82) is 0 Å². The topological polar surface area (TPSA) is 78.6 Å². The molecule has 4 rings (SSSR count). The lowest BCUT2D eigenvalue weighted by Crippen LogP contribution is -2.38. The van der Waals surface area contributed by atoms with E-state index in [0.29, 0.717) is 29.2 Å². The highest BCUT2D eigenvalue weighted by Crippen LogP contribution is 2.24. The van der Waals surface area contributed by atoms with Crippen LogP contribution in [0.15, 0.2) is 58.0 Å². The maximum absolute atomic E-state index is 5.94. The zero-order chi connectivity index (χ0) is 21.6. The van der Waals surface area contributed by atoms with Crippen molar-refractivity contribution < 1.29 is 4.52 Å². The number of aliphatic imine (C=N–C) groups is 1. The van der Waals surface area contributed by atoms with Crippen LogP contribution in [0, 0.1) is 0 Å². The van der Waals surface area contributed by atoms with Gasteiger partial charge in [-0.1, -0.05) is 28.9 Å². The number of hydrogen-bond acceptors (Lipinski definition) is 5. The molecule has 7 nitrogen and oxygen atoms in total. The van der Waals surface area contributed by atoms with Gasteiger partial charge < -0.3 is 20.1 Å². The average Bonchev–Trinajstić information content (AvgIpc) is 3.49. The Morgan fingerprint density at radius 2 is 1.97 bits per heavy atom. The quantitative estimate of drug-likeness (QED) is 0.438. The van der Waals surface area contributed by atoms with Gasteiger partial charge in [-0.25, -0.2) is 0 Å².